The zero-order chi connectivity index (χ0) is 28.0. The van der Waals surface area contributed by atoms with Crippen molar-refractivity contribution >= 4 is 43.5 Å². The van der Waals surface area contributed by atoms with E-state index in [1.54, 1.807) is 31.2 Å². The number of aryl methyl sites for hydroxylation is 1. The number of likely N-dealkylation sites (N-methyl/N-ethyl adjacent to an activating group) is 1. The summed E-state index contributed by atoms with van der Waals surface area (Å²) in [6.45, 7) is 2.82. The first kappa shape index (κ1) is 29.1. The summed E-state index contributed by atoms with van der Waals surface area (Å²) in [5.41, 5.74) is 1.78. The Kier molecular flexibility index (Phi) is 9.50. The number of halogens is 2. The molecule has 1 atom stereocenters. The van der Waals surface area contributed by atoms with Gasteiger partial charge >= 0.3 is 0 Å². The number of benzene rings is 3. The number of anilines is 1. The van der Waals surface area contributed by atoms with E-state index in [-0.39, 0.29) is 17.1 Å². The number of hydrogen-bond donors (Lipinski definition) is 1. The first-order chi connectivity index (χ1) is 18.0. The third-order valence-corrected chi connectivity index (χ3v) is 8.38. The number of amides is 2. The Bertz CT molecular complexity index is 1400. The molecular formula is C27H29BrFN3O5S. The van der Waals surface area contributed by atoms with Crippen LogP contribution in [0.15, 0.2) is 76.1 Å². The van der Waals surface area contributed by atoms with Gasteiger partial charge in [-0.1, -0.05) is 29.8 Å². The Morgan fingerprint density at radius 3 is 2.24 bits per heavy atom. The zero-order valence-electron chi connectivity index (χ0n) is 21.4. The highest BCUT2D eigenvalue weighted by atomic mass is 79.9. The van der Waals surface area contributed by atoms with Crippen molar-refractivity contribution in [3.05, 3.63) is 88.1 Å². The lowest BCUT2D eigenvalue weighted by molar-refractivity contribution is -0.139. The van der Waals surface area contributed by atoms with Crippen molar-refractivity contribution in [3.8, 4) is 5.75 Å². The summed E-state index contributed by atoms with van der Waals surface area (Å²) < 4.78 is 47.8. The van der Waals surface area contributed by atoms with Gasteiger partial charge in [-0.2, -0.15) is 0 Å². The smallest absolute Gasteiger partial charge is 0.264 e. The van der Waals surface area contributed by atoms with Gasteiger partial charge in [0.2, 0.25) is 11.8 Å². The minimum absolute atomic E-state index is 0.0242. The second-order valence-corrected chi connectivity index (χ2v) is 11.3. The number of nitrogens with zero attached hydrogens (tertiary/aromatic N) is 2. The lowest BCUT2D eigenvalue weighted by Gasteiger charge is -2.31. The van der Waals surface area contributed by atoms with E-state index in [9.17, 15) is 22.4 Å². The molecule has 0 spiro atoms. The fourth-order valence-corrected chi connectivity index (χ4v) is 5.89. The van der Waals surface area contributed by atoms with E-state index >= 15 is 0 Å². The molecule has 202 valence electrons. The Balaban J connectivity index is 2.04. The molecule has 0 aliphatic rings. The number of carbonyl (C=O) groups is 2. The van der Waals surface area contributed by atoms with Crippen LogP contribution < -0.4 is 14.4 Å². The van der Waals surface area contributed by atoms with Gasteiger partial charge in [0.15, 0.2) is 0 Å². The molecular weight excluding hydrogens is 577 g/mol. The zero-order valence-corrected chi connectivity index (χ0v) is 23.8. The van der Waals surface area contributed by atoms with E-state index < -0.39 is 40.2 Å². The van der Waals surface area contributed by atoms with Gasteiger partial charge in [0.25, 0.3) is 10.0 Å². The van der Waals surface area contributed by atoms with Crippen molar-refractivity contribution in [2.24, 2.45) is 0 Å². The van der Waals surface area contributed by atoms with E-state index in [0.29, 0.717) is 15.8 Å². The molecule has 3 aromatic carbocycles. The van der Waals surface area contributed by atoms with Gasteiger partial charge in [-0.15, -0.1) is 0 Å². The van der Waals surface area contributed by atoms with Gasteiger partial charge in [-0.05, 0) is 77.8 Å². The molecule has 0 heterocycles. The number of nitrogens with one attached hydrogen (secondary N) is 1. The maximum Gasteiger partial charge on any atom is 0.264 e. The van der Waals surface area contributed by atoms with Crippen molar-refractivity contribution in [1.82, 2.24) is 10.2 Å². The molecule has 3 rings (SSSR count). The van der Waals surface area contributed by atoms with E-state index in [0.717, 1.165) is 9.87 Å². The van der Waals surface area contributed by atoms with Gasteiger partial charge in [-0.25, -0.2) is 12.8 Å². The largest absolute Gasteiger partial charge is 0.496 e. The number of hydrogen-bond acceptors (Lipinski definition) is 5. The van der Waals surface area contributed by atoms with Crippen LogP contribution in [0.4, 0.5) is 10.1 Å². The maximum atomic E-state index is 13.9. The Labute approximate surface area is 230 Å². The van der Waals surface area contributed by atoms with Crippen molar-refractivity contribution in [2.75, 3.05) is 25.0 Å². The third kappa shape index (κ3) is 6.70. The molecule has 8 nitrogen and oxygen atoms in total. The highest BCUT2D eigenvalue weighted by Gasteiger charge is 2.32. The number of carbonyl (C=O) groups excluding carboxylic acids is 2. The summed E-state index contributed by atoms with van der Waals surface area (Å²) >= 11 is 3.32. The van der Waals surface area contributed by atoms with E-state index in [2.05, 4.69) is 21.2 Å². The van der Waals surface area contributed by atoms with Crippen LogP contribution in [0.2, 0.25) is 0 Å². The monoisotopic (exact) mass is 605 g/mol. The molecule has 1 N–H and O–H groups in total. The summed E-state index contributed by atoms with van der Waals surface area (Å²) in [6.07, 6.45) is 0. The molecule has 0 aliphatic heterocycles. The molecule has 3 aromatic rings. The number of ether oxygens (including phenoxy) is 1. The summed E-state index contributed by atoms with van der Waals surface area (Å²) in [7, 11) is -1.31. The average Bonchev–Trinajstić information content (AvgIpc) is 2.90. The molecule has 0 fully saturated rings. The van der Waals surface area contributed by atoms with Gasteiger partial charge < -0.3 is 15.0 Å². The molecule has 2 amide bonds. The lowest BCUT2D eigenvalue weighted by Crippen LogP contribution is -2.50. The molecule has 0 bridgehead atoms. The van der Waals surface area contributed by atoms with E-state index in [4.69, 9.17) is 4.74 Å². The van der Waals surface area contributed by atoms with Crippen molar-refractivity contribution in [2.45, 2.75) is 31.3 Å². The quantitative estimate of drug-likeness (QED) is 0.372. The van der Waals surface area contributed by atoms with Crippen molar-refractivity contribution in [1.29, 1.82) is 0 Å². The molecule has 0 aromatic heterocycles. The van der Waals surface area contributed by atoms with Gasteiger partial charge in [0, 0.05) is 13.6 Å². The molecule has 0 aliphatic carbocycles. The van der Waals surface area contributed by atoms with Crippen LogP contribution in [0.1, 0.15) is 18.1 Å². The Hall–Kier alpha value is -3.44. The van der Waals surface area contributed by atoms with Crippen LogP contribution in [0.25, 0.3) is 0 Å². The van der Waals surface area contributed by atoms with Crippen molar-refractivity contribution < 1.29 is 27.1 Å². The summed E-state index contributed by atoms with van der Waals surface area (Å²) in [5, 5.41) is 2.52. The summed E-state index contributed by atoms with van der Waals surface area (Å²) in [4.78, 5) is 27.4. The maximum absolute atomic E-state index is 13.9. The van der Waals surface area contributed by atoms with Gasteiger partial charge in [0.1, 0.15) is 24.2 Å². The fourth-order valence-electron chi connectivity index (χ4n) is 3.75. The van der Waals surface area contributed by atoms with E-state index in [1.165, 1.54) is 61.5 Å². The molecule has 38 heavy (non-hydrogen) atoms. The SMILES string of the molecule is CNC(=O)[C@H](C)N(Cc1ccc(F)cc1)C(=O)CN(c1ccc(C)cc1)S(=O)(=O)c1ccc(OC)c(Br)c1. The van der Waals surface area contributed by atoms with Crippen LogP contribution in [0.5, 0.6) is 5.75 Å². The second kappa shape index (κ2) is 12.4. The fraction of sp³-hybridized carbons (Fsp3) is 0.259. The lowest BCUT2D eigenvalue weighted by atomic mass is 10.1. The highest BCUT2D eigenvalue weighted by Crippen LogP contribution is 2.31. The molecule has 0 unspecified atom stereocenters. The highest BCUT2D eigenvalue weighted by molar-refractivity contribution is 9.10. The van der Waals surface area contributed by atoms with Crippen molar-refractivity contribution in [3.63, 3.8) is 0 Å². The molecule has 0 saturated heterocycles. The second-order valence-electron chi connectivity index (χ2n) is 8.58. The van der Waals surface area contributed by atoms with Gasteiger partial charge in [0.05, 0.1) is 22.2 Å². The minimum atomic E-state index is -4.22. The Morgan fingerprint density at radius 2 is 1.68 bits per heavy atom. The predicted molar refractivity (Wildman–Crippen MR) is 147 cm³/mol. The average molecular weight is 607 g/mol. The standard InChI is InChI=1S/C27H29BrFN3O5S/c1-18-5-11-22(12-6-18)32(38(35,36)23-13-14-25(37-4)24(28)15-23)17-26(33)31(19(2)27(34)30-3)16-20-7-9-21(29)10-8-20/h5-15,19H,16-17H2,1-4H3,(H,30,34)/t19-/m0/s1. The van der Waals surface area contributed by atoms with Crippen LogP contribution >= 0.6 is 15.9 Å². The normalized spacial score (nSPS) is 11.9. The van der Waals surface area contributed by atoms with E-state index in [1.807, 2.05) is 6.92 Å². The summed E-state index contributed by atoms with van der Waals surface area (Å²) in [6, 6.07) is 15.7. The molecule has 0 radical (unpaired) electrons. The first-order valence-corrected chi connectivity index (χ1v) is 13.9. The van der Waals surface area contributed by atoms with Gasteiger partial charge in [-0.3, -0.25) is 13.9 Å². The number of methoxy groups -OCH3 is 1. The first-order valence-electron chi connectivity index (χ1n) is 11.7. The Morgan fingerprint density at radius 1 is 1.05 bits per heavy atom. The van der Waals surface area contributed by atoms with Crippen LogP contribution in [0, 0.1) is 12.7 Å². The van der Waals surface area contributed by atoms with Crippen LogP contribution in [-0.2, 0) is 26.2 Å². The predicted octanol–water partition coefficient (Wildman–Crippen LogP) is 4.26. The summed E-state index contributed by atoms with van der Waals surface area (Å²) in [5.74, 6) is -1.02. The van der Waals surface area contributed by atoms with Crippen LogP contribution in [0.3, 0.4) is 0 Å². The third-order valence-electron chi connectivity index (χ3n) is 5.99. The molecule has 11 heteroatoms. The topological polar surface area (TPSA) is 96.0 Å². The molecule has 0 saturated carbocycles. The van der Waals surface area contributed by atoms with Crippen LogP contribution in [-0.4, -0.2) is 51.9 Å². The minimum Gasteiger partial charge on any atom is -0.496 e. The number of sulfonamides is 1. The number of rotatable bonds is 10.